The van der Waals surface area contributed by atoms with E-state index in [1.54, 1.807) is 0 Å². The summed E-state index contributed by atoms with van der Waals surface area (Å²) in [5.74, 6) is 0. The van der Waals surface area contributed by atoms with Crippen molar-refractivity contribution in [2.75, 3.05) is 0 Å². The van der Waals surface area contributed by atoms with Crippen molar-refractivity contribution in [2.24, 2.45) is 0 Å². The molecule has 0 aliphatic heterocycles. The summed E-state index contributed by atoms with van der Waals surface area (Å²) < 4.78 is 0. The Bertz CT molecular complexity index is 192. The summed E-state index contributed by atoms with van der Waals surface area (Å²) >= 11 is 0. The van der Waals surface area contributed by atoms with Crippen molar-refractivity contribution in [3.63, 3.8) is 0 Å². The van der Waals surface area contributed by atoms with E-state index in [4.69, 9.17) is 0 Å². The van der Waals surface area contributed by atoms with Crippen LogP contribution in [0.25, 0.3) is 0 Å². The summed E-state index contributed by atoms with van der Waals surface area (Å²) in [5, 5.41) is 0. The molecule has 0 aromatic carbocycles. The zero-order chi connectivity index (χ0) is 9.19. The lowest BCUT2D eigenvalue weighted by Gasteiger charge is -1.87. The minimum Gasteiger partial charge on any atom is -0.0845 e. The molecule has 70 valence electrons. The topological polar surface area (TPSA) is 0 Å². The summed E-state index contributed by atoms with van der Waals surface area (Å²) in [6, 6.07) is 0. The third kappa shape index (κ3) is 6.15. The highest BCUT2D eigenvalue weighted by Crippen LogP contribution is 2.00. The molecule has 1 aliphatic carbocycles. The van der Waals surface area contributed by atoms with Crippen molar-refractivity contribution in [1.29, 1.82) is 0 Å². The first-order valence-corrected chi connectivity index (χ1v) is 5.13. The molecule has 0 spiro atoms. The van der Waals surface area contributed by atoms with Gasteiger partial charge in [0, 0.05) is 0 Å². The number of hydrogen-bond acceptors (Lipinski definition) is 0. The largest absolute Gasteiger partial charge is 0.0845 e. The van der Waals surface area contributed by atoms with Gasteiger partial charge in [-0.1, -0.05) is 48.6 Å². The molecule has 0 heteroatoms. The van der Waals surface area contributed by atoms with Gasteiger partial charge in [-0.3, -0.25) is 0 Å². The summed E-state index contributed by atoms with van der Waals surface area (Å²) in [5.41, 5.74) is 0. The van der Waals surface area contributed by atoms with Crippen LogP contribution in [0.5, 0.6) is 0 Å². The van der Waals surface area contributed by atoms with Gasteiger partial charge in [-0.15, -0.1) is 0 Å². The first-order valence-electron chi connectivity index (χ1n) is 5.13. The molecular formula is C13H18. The predicted octanol–water partition coefficient (Wildman–Crippen LogP) is 4.18. The fourth-order valence-corrected chi connectivity index (χ4v) is 1.25. The van der Waals surface area contributed by atoms with Crippen LogP contribution in [0.4, 0.5) is 0 Å². The van der Waals surface area contributed by atoms with Crippen LogP contribution in [-0.4, -0.2) is 0 Å². The van der Waals surface area contributed by atoms with Gasteiger partial charge in [0.1, 0.15) is 0 Å². The maximum Gasteiger partial charge on any atom is -0.0313 e. The van der Waals surface area contributed by atoms with E-state index in [-0.39, 0.29) is 0 Å². The maximum atomic E-state index is 2.25. The molecule has 0 heterocycles. The van der Waals surface area contributed by atoms with Crippen LogP contribution in [0.2, 0.25) is 0 Å². The van der Waals surface area contributed by atoms with Crippen LogP contribution < -0.4 is 0 Å². The number of allylic oxidation sites excluding steroid dienone is 8. The molecule has 1 aliphatic rings. The average Bonchev–Trinajstić information content (AvgIpc) is 2.18. The Kier molecular flexibility index (Phi) is 5.87. The van der Waals surface area contributed by atoms with Crippen molar-refractivity contribution in [1.82, 2.24) is 0 Å². The fraction of sp³-hybridized carbons (Fsp3) is 0.385. The Morgan fingerprint density at radius 3 is 1.31 bits per heavy atom. The van der Waals surface area contributed by atoms with E-state index >= 15 is 0 Å². The maximum absolute atomic E-state index is 2.25. The van der Waals surface area contributed by atoms with Gasteiger partial charge in [0.2, 0.25) is 0 Å². The average molecular weight is 174 g/mol. The Morgan fingerprint density at radius 2 is 0.846 bits per heavy atom. The molecule has 0 atom stereocenters. The van der Waals surface area contributed by atoms with E-state index < -0.39 is 0 Å². The third-order valence-corrected chi connectivity index (χ3v) is 2.01. The van der Waals surface area contributed by atoms with Crippen LogP contribution >= 0.6 is 0 Å². The van der Waals surface area contributed by atoms with Crippen molar-refractivity contribution in [3.05, 3.63) is 48.6 Å². The first kappa shape index (κ1) is 10.0. The molecular weight excluding hydrogens is 156 g/mol. The highest BCUT2D eigenvalue weighted by Gasteiger charge is 1.80. The smallest absolute Gasteiger partial charge is 0.0313 e. The SMILES string of the molecule is C1=C\CC/C=C\C=C/CCC\C=C/1. The molecule has 0 nitrogen and oxygen atoms in total. The second kappa shape index (κ2) is 7.60. The molecule has 0 saturated carbocycles. The first-order chi connectivity index (χ1) is 6.50. The summed E-state index contributed by atoms with van der Waals surface area (Å²) in [7, 11) is 0. The van der Waals surface area contributed by atoms with E-state index in [0.717, 1.165) is 12.8 Å². The van der Waals surface area contributed by atoms with Crippen LogP contribution in [0.3, 0.4) is 0 Å². The van der Waals surface area contributed by atoms with Gasteiger partial charge in [-0.05, 0) is 32.1 Å². The van der Waals surface area contributed by atoms with E-state index in [0.29, 0.717) is 0 Å². The Hall–Kier alpha value is -1.04. The van der Waals surface area contributed by atoms with E-state index in [9.17, 15) is 0 Å². The molecule has 13 heavy (non-hydrogen) atoms. The molecule has 0 fully saturated rings. The highest BCUT2D eigenvalue weighted by atomic mass is 13.9. The minimum atomic E-state index is 1.15. The minimum absolute atomic E-state index is 1.15. The molecule has 0 N–H and O–H groups in total. The summed E-state index contributed by atoms with van der Waals surface area (Å²) in [6.45, 7) is 0. The van der Waals surface area contributed by atoms with Crippen molar-refractivity contribution in [2.45, 2.75) is 32.1 Å². The van der Waals surface area contributed by atoms with Crippen molar-refractivity contribution < 1.29 is 0 Å². The molecule has 0 bridgehead atoms. The molecule has 0 aromatic rings. The molecule has 1 rings (SSSR count). The lowest BCUT2D eigenvalue weighted by molar-refractivity contribution is 0.868. The third-order valence-electron chi connectivity index (χ3n) is 2.01. The van der Waals surface area contributed by atoms with Gasteiger partial charge in [-0.25, -0.2) is 0 Å². The van der Waals surface area contributed by atoms with Gasteiger partial charge < -0.3 is 0 Å². The van der Waals surface area contributed by atoms with Crippen LogP contribution in [0.15, 0.2) is 48.6 Å². The Balaban J connectivity index is 2.38. The number of hydrogen-bond donors (Lipinski definition) is 0. The molecule has 0 unspecified atom stereocenters. The Labute approximate surface area is 81.4 Å². The van der Waals surface area contributed by atoms with Gasteiger partial charge in [0.05, 0.1) is 0 Å². The summed E-state index contributed by atoms with van der Waals surface area (Å²) in [6.07, 6.45) is 23.5. The molecule has 0 saturated heterocycles. The van der Waals surface area contributed by atoms with Gasteiger partial charge >= 0.3 is 0 Å². The normalized spacial score (nSPS) is 28.9. The van der Waals surface area contributed by atoms with E-state index in [1.165, 1.54) is 19.3 Å². The highest BCUT2D eigenvalue weighted by molar-refractivity contribution is 5.06. The lowest BCUT2D eigenvalue weighted by Crippen LogP contribution is -1.67. The molecule has 0 amide bonds. The second-order valence-electron chi connectivity index (χ2n) is 3.22. The van der Waals surface area contributed by atoms with Crippen molar-refractivity contribution >= 4 is 0 Å². The quantitative estimate of drug-likeness (QED) is 0.517. The molecule has 0 radical (unpaired) electrons. The second-order valence-corrected chi connectivity index (χ2v) is 3.22. The van der Waals surface area contributed by atoms with Gasteiger partial charge in [0.25, 0.3) is 0 Å². The van der Waals surface area contributed by atoms with Crippen LogP contribution in [0, 0.1) is 0 Å². The predicted molar refractivity (Wildman–Crippen MR) is 59.6 cm³/mol. The van der Waals surface area contributed by atoms with Crippen LogP contribution in [-0.2, 0) is 0 Å². The number of rotatable bonds is 0. The monoisotopic (exact) mass is 174 g/mol. The van der Waals surface area contributed by atoms with E-state index in [1.807, 2.05) is 0 Å². The summed E-state index contributed by atoms with van der Waals surface area (Å²) in [4.78, 5) is 0. The standard InChI is InChI=1S/C13H18/c1-2-4-6-8-10-12-13-11-9-7-5-3-1/h1-4,9,11-13H,5-8,10H2/b3-1-,4-2-,11-9-,13-12-. The van der Waals surface area contributed by atoms with Gasteiger partial charge in [0.15, 0.2) is 0 Å². The zero-order valence-corrected chi connectivity index (χ0v) is 8.15. The fourth-order valence-electron chi connectivity index (χ4n) is 1.25. The molecule has 0 aromatic heterocycles. The zero-order valence-electron chi connectivity index (χ0n) is 8.15. The van der Waals surface area contributed by atoms with Crippen molar-refractivity contribution in [3.8, 4) is 0 Å². The van der Waals surface area contributed by atoms with E-state index in [2.05, 4.69) is 48.6 Å². The Morgan fingerprint density at radius 1 is 0.462 bits per heavy atom. The lowest BCUT2D eigenvalue weighted by atomic mass is 10.2. The van der Waals surface area contributed by atoms with Gasteiger partial charge in [-0.2, -0.15) is 0 Å². The van der Waals surface area contributed by atoms with Crippen LogP contribution in [0.1, 0.15) is 32.1 Å².